The van der Waals surface area contributed by atoms with Gasteiger partial charge in [0.15, 0.2) is 0 Å². The van der Waals surface area contributed by atoms with Crippen LogP contribution in [0.15, 0.2) is 54.6 Å². The molecule has 0 radical (unpaired) electrons. The Kier molecular flexibility index (Phi) is 3.28. The normalized spacial score (nSPS) is 9.56. The lowest BCUT2D eigenvalue weighted by molar-refractivity contribution is 0.415. The van der Waals surface area contributed by atoms with Gasteiger partial charge in [-0.2, -0.15) is 0 Å². The first kappa shape index (κ1) is 10.4. The molecular formula is C13H14N2O. The molecule has 82 valence electrons. The molecule has 16 heavy (non-hydrogen) atoms. The Morgan fingerprint density at radius 1 is 0.750 bits per heavy atom. The molecule has 2 rings (SSSR count). The van der Waals surface area contributed by atoms with Gasteiger partial charge in [-0.15, -0.1) is 0 Å². The van der Waals surface area contributed by atoms with Gasteiger partial charge in [0.05, 0.1) is 18.5 Å². The van der Waals surface area contributed by atoms with Crippen LogP contribution in [0.4, 0.5) is 11.4 Å². The molecule has 3 heteroatoms. The number of rotatable bonds is 4. The van der Waals surface area contributed by atoms with Gasteiger partial charge in [0.1, 0.15) is 5.75 Å². The number of methoxy groups -OCH3 is 1. The Morgan fingerprint density at radius 3 is 1.88 bits per heavy atom. The highest BCUT2D eigenvalue weighted by atomic mass is 16.5. The second-order valence-electron chi connectivity index (χ2n) is 3.34. The van der Waals surface area contributed by atoms with Gasteiger partial charge < -0.3 is 15.6 Å². The molecule has 0 amide bonds. The fraction of sp³-hybridized carbons (Fsp3) is 0.0769. The molecule has 0 bridgehead atoms. The minimum Gasteiger partial charge on any atom is -0.497 e. The first-order valence-corrected chi connectivity index (χ1v) is 5.09. The smallest absolute Gasteiger partial charge is 0.119 e. The molecule has 2 N–H and O–H groups in total. The van der Waals surface area contributed by atoms with E-state index in [4.69, 9.17) is 4.74 Å². The standard InChI is InChI=1S/C13H14N2O/c1-16-13-9-7-12(8-10-13)15-14-11-5-3-2-4-6-11/h2-10,14-15H,1H3. The van der Waals surface area contributed by atoms with E-state index < -0.39 is 0 Å². The first-order chi connectivity index (χ1) is 7.88. The van der Waals surface area contributed by atoms with Crippen molar-refractivity contribution in [3.8, 4) is 5.75 Å². The van der Waals surface area contributed by atoms with Crippen molar-refractivity contribution in [2.75, 3.05) is 18.0 Å². The number of para-hydroxylation sites is 1. The van der Waals surface area contributed by atoms with E-state index in [0.717, 1.165) is 17.1 Å². The second-order valence-corrected chi connectivity index (χ2v) is 3.34. The summed E-state index contributed by atoms with van der Waals surface area (Å²) in [5.41, 5.74) is 8.23. The predicted octanol–water partition coefficient (Wildman–Crippen LogP) is 3.13. The van der Waals surface area contributed by atoms with Crippen LogP contribution in [0, 0.1) is 0 Å². The molecule has 2 aromatic carbocycles. The number of nitrogens with one attached hydrogen (secondary N) is 2. The average molecular weight is 214 g/mol. The molecule has 0 aliphatic rings. The Balaban J connectivity index is 1.94. The van der Waals surface area contributed by atoms with Crippen LogP contribution in [-0.4, -0.2) is 7.11 Å². The lowest BCUT2D eigenvalue weighted by atomic mass is 10.3. The van der Waals surface area contributed by atoms with E-state index in [2.05, 4.69) is 10.9 Å². The maximum Gasteiger partial charge on any atom is 0.119 e. The highest BCUT2D eigenvalue weighted by molar-refractivity contribution is 5.53. The lowest BCUT2D eigenvalue weighted by Gasteiger charge is -2.09. The lowest BCUT2D eigenvalue weighted by Crippen LogP contribution is -2.07. The van der Waals surface area contributed by atoms with Crippen LogP contribution in [0.1, 0.15) is 0 Å². The third-order valence-corrected chi connectivity index (χ3v) is 2.21. The van der Waals surface area contributed by atoms with E-state index in [9.17, 15) is 0 Å². The number of hydrogen-bond acceptors (Lipinski definition) is 3. The topological polar surface area (TPSA) is 33.3 Å². The van der Waals surface area contributed by atoms with Crippen molar-refractivity contribution < 1.29 is 4.74 Å². The molecule has 0 atom stereocenters. The van der Waals surface area contributed by atoms with Crippen LogP contribution in [0.3, 0.4) is 0 Å². The van der Waals surface area contributed by atoms with Crippen molar-refractivity contribution in [1.29, 1.82) is 0 Å². The van der Waals surface area contributed by atoms with Crippen molar-refractivity contribution in [3.05, 3.63) is 54.6 Å². The zero-order valence-corrected chi connectivity index (χ0v) is 9.10. The van der Waals surface area contributed by atoms with Crippen molar-refractivity contribution in [2.45, 2.75) is 0 Å². The Hall–Kier alpha value is -2.16. The van der Waals surface area contributed by atoms with E-state index in [-0.39, 0.29) is 0 Å². The van der Waals surface area contributed by atoms with Crippen LogP contribution >= 0.6 is 0 Å². The highest BCUT2D eigenvalue weighted by Gasteiger charge is 1.93. The van der Waals surface area contributed by atoms with Gasteiger partial charge >= 0.3 is 0 Å². The minimum absolute atomic E-state index is 0.852. The van der Waals surface area contributed by atoms with Gasteiger partial charge in [-0.05, 0) is 36.4 Å². The molecule has 0 heterocycles. The molecule has 0 fully saturated rings. The summed E-state index contributed by atoms with van der Waals surface area (Å²) in [4.78, 5) is 0. The third-order valence-electron chi connectivity index (χ3n) is 2.21. The number of ether oxygens (including phenoxy) is 1. The summed E-state index contributed by atoms with van der Waals surface area (Å²) in [6.45, 7) is 0. The largest absolute Gasteiger partial charge is 0.497 e. The molecule has 0 saturated carbocycles. The van der Waals surface area contributed by atoms with E-state index in [1.807, 2.05) is 54.6 Å². The summed E-state index contributed by atoms with van der Waals surface area (Å²) in [5.74, 6) is 0.852. The summed E-state index contributed by atoms with van der Waals surface area (Å²) >= 11 is 0. The van der Waals surface area contributed by atoms with E-state index in [1.54, 1.807) is 7.11 Å². The fourth-order valence-corrected chi connectivity index (χ4v) is 1.34. The molecule has 2 aromatic rings. The van der Waals surface area contributed by atoms with Gasteiger partial charge in [0.25, 0.3) is 0 Å². The van der Waals surface area contributed by atoms with Crippen LogP contribution in [0.25, 0.3) is 0 Å². The third kappa shape index (κ3) is 2.67. The van der Waals surface area contributed by atoms with Crippen LogP contribution in [0.5, 0.6) is 5.75 Å². The van der Waals surface area contributed by atoms with Gasteiger partial charge in [-0.3, -0.25) is 0 Å². The summed E-state index contributed by atoms with van der Waals surface area (Å²) in [6, 6.07) is 17.7. The van der Waals surface area contributed by atoms with Crippen LogP contribution in [0.2, 0.25) is 0 Å². The molecule has 3 nitrogen and oxygen atoms in total. The van der Waals surface area contributed by atoms with Crippen LogP contribution < -0.4 is 15.6 Å². The molecule has 0 aliphatic carbocycles. The quantitative estimate of drug-likeness (QED) is 0.767. The highest BCUT2D eigenvalue weighted by Crippen LogP contribution is 2.15. The minimum atomic E-state index is 0.852. The molecule has 0 unspecified atom stereocenters. The number of hydrogen-bond donors (Lipinski definition) is 2. The van der Waals surface area contributed by atoms with E-state index in [0.29, 0.717) is 0 Å². The van der Waals surface area contributed by atoms with Gasteiger partial charge in [-0.1, -0.05) is 18.2 Å². The Bertz CT molecular complexity index is 425. The monoisotopic (exact) mass is 214 g/mol. The van der Waals surface area contributed by atoms with Gasteiger partial charge in [0.2, 0.25) is 0 Å². The Labute approximate surface area is 95.0 Å². The molecule has 0 aliphatic heterocycles. The SMILES string of the molecule is COc1ccc(NNc2ccccc2)cc1. The number of benzene rings is 2. The molecular weight excluding hydrogens is 200 g/mol. The predicted molar refractivity (Wildman–Crippen MR) is 66.7 cm³/mol. The fourth-order valence-electron chi connectivity index (χ4n) is 1.34. The van der Waals surface area contributed by atoms with Crippen molar-refractivity contribution >= 4 is 11.4 Å². The summed E-state index contributed by atoms with van der Waals surface area (Å²) in [5, 5.41) is 0. The van der Waals surface area contributed by atoms with Gasteiger partial charge in [0, 0.05) is 0 Å². The summed E-state index contributed by atoms with van der Waals surface area (Å²) in [6.07, 6.45) is 0. The van der Waals surface area contributed by atoms with Crippen LogP contribution in [-0.2, 0) is 0 Å². The van der Waals surface area contributed by atoms with E-state index in [1.165, 1.54) is 0 Å². The van der Waals surface area contributed by atoms with Crippen molar-refractivity contribution in [1.82, 2.24) is 0 Å². The summed E-state index contributed by atoms with van der Waals surface area (Å²) < 4.78 is 5.08. The molecule has 0 aromatic heterocycles. The maximum atomic E-state index is 5.08. The van der Waals surface area contributed by atoms with Crippen molar-refractivity contribution in [3.63, 3.8) is 0 Å². The van der Waals surface area contributed by atoms with E-state index >= 15 is 0 Å². The molecule has 0 spiro atoms. The summed E-state index contributed by atoms with van der Waals surface area (Å²) in [7, 11) is 1.66. The first-order valence-electron chi connectivity index (χ1n) is 5.09. The van der Waals surface area contributed by atoms with Gasteiger partial charge in [-0.25, -0.2) is 0 Å². The zero-order chi connectivity index (χ0) is 11.2. The number of anilines is 2. The second kappa shape index (κ2) is 5.07. The average Bonchev–Trinajstić information content (AvgIpc) is 2.38. The van der Waals surface area contributed by atoms with Crippen molar-refractivity contribution in [2.24, 2.45) is 0 Å². The Morgan fingerprint density at radius 2 is 1.31 bits per heavy atom. The number of hydrazine groups is 1. The maximum absolute atomic E-state index is 5.08. The zero-order valence-electron chi connectivity index (χ0n) is 9.10. The molecule has 0 saturated heterocycles.